The number of aromatic nitrogens is 2. The first-order valence-corrected chi connectivity index (χ1v) is 6.11. The number of piperidine rings is 1. The van der Waals surface area contributed by atoms with Gasteiger partial charge in [-0.2, -0.15) is 0 Å². The van der Waals surface area contributed by atoms with Crippen LogP contribution in [-0.2, 0) is 0 Å². The van der Waals surface area contributed by atoms with Crippen LogP contribution in [0.1, 0.15) is 31.4 Å². The molecule has 2 bridgehead atoms. The van der Waals surface area contributed by atoms with Crippen molar-refractivity contribution in [3.05, 3.63) is 18.1 Å². The van der Waals surface area contributed by atoms with Crippen molar-refractivity contribution in [2.75, 3.05) is 5.32 Å². The van der Waals surface area contributed by atoms with Gasteiger partial charge in [0, 0.05) is 30.5 Å². The summed E-state index contributed by atoms with van der Waals surface area (Å²) in [5, 5.41) is 7.18. The lowest BCUT2D eigenvalue weighted by molar-refractivity contribution is 0.377. The van der Waals surface area contributed by atoms with Gasteiger partial charge in [0.25, 0.3) is 0 Å². The standard InChI is InChI=1S/C12H18N4/c1-8-12(14-5-4-13-8)16-11-6-9-2-3-10(7-11)15-9/h4-5,9-11,15H,2-3,6-7H2,1H3,(H,14,16). The van der Waals surface area contributed by atoms with E-state index in [1.54, 1.807) is 12.4 Å². The van der Waals surface area contributed by atoms with Crippen LogP contribution in [-0.4, -0.2) is 28.1 Å². The van der Waals surface area contributed by atoms with Crippen molar-refractivity contribution in [2.24, 2.45) is 0 Å². The molecule has 3 rings (SSSR count). The van der Waals surface area contributed by atoms with Gasteiger partial charge in [-0.25, -0.2) is 4.98 Å². The smallest absolute Gasteiger partial charge is 0.147 e. The summed E-state index contributed by atoms with van der Waals surface area (Å²) in [5.41, 5.74) is 0.994. The summed E-state index contributed by atoms with van der Waals surface area (Å²) in [5.74, 6) is 0.953. The molecule has 1 aromatic heterocycles. The Bertz CT molecular complexity index is 367. The minimum atomic E-state index is 0.564. The molecule has 0 saturated carbocycles. The molecular weight excluding hydrogens is 200 g/mol. The minimum absolute atomic E-state index is 0.564. The van der Waals surface area contributed by atoms with Crippen LogP contribution in [0, 0.1) is 6.92 Å². The monoisotopic (exact) mass is 218 g/mol. The van der Waals surface area contributed by atoms with Crippen LogP contribution in [0.4, 0.5) is 5.82 Å². The van der Waals surface area contributed by atoms with Crippen LogP contribution in [0.3, 0.4) is 0 Å². The van der Waals surface area contributed by atoms with Crippen LogP contribution in [0.5, 0.6) is 0 Å². The van der Waals surface area contributed by atoms with Gasteiger partial charge in [-0.3, -0.25) is 4.98 Å². The number of rotatable bonds is 2. The van der Waals surface area contributed by atoms with E-state index in [1.165, 1.54) is 25.7 Å². The largest absolute Gasteiger partial charge is 0.366 e. The number of nitrogens with zero attached hydrogens (tertiary/aromatic N) is 2. The molecule has 2 aliphatic rings. The fraction of sp³-hybridized carbons (Fsp3) is 0.667. The van der Waals surface area contributed by atoms with Gasteiger partial charge in [-0.05, 0) is 32.6 Å². The summed E-state index contributed by atoms with van der Waals surface area (Å²) in [6.07, 6.45) is 8.60. The summed E-state index contributed by atoms with van der Waals surface area (Å²) in [6, 6.07) is 2.00. The molecule has 2 saturated heterocycles. The molecule has 0 spiro atoms. The predicted molar refractivity (Wildman–Crippen MR) is 63.4 cm³/mol. The third-order valence-electron chi connectivity index (χ3n) is 3.70. The van der Waals surface area contributed by atoms with E-state index in [9.17, 15) is 0 Å². The van der Waals surface area contributed by atoms with E-state index in [1.807, 2.05) is 6.92 Å². The van der Waals surface area contributed by atoms with Gasteiger partial charge in [0.1, 0.15) is 5.82 Å². The Balaban J connectivity index is 1.69. The van der Waals surface area contributed by atoms with Crippen LogP contribution >= 0.6 is 0 Å². The van der Waals surface area contributed by atoms with E-state index in [2.05, 4.69) is 20.6 Å². The van der Waals surface area contributed by atoms with E-state index in [0.717, 1.165) is 11.5 Å². The van der Waals surface area contributed by atoms with Crippen molar-refractivity contribution in [1.82, 2.24) is 15.3 Å². The van der Waals surface area contributed by atoms with Crippen molar-refractivity contribution in [1.29, 1.82) is 0 Å². The molecule has 4 heteroatoms. The lowest BCUT2D eigenvalue weighted by Gasteiger charge is -2.30. The Labute approximate surface area is 95.9 Å². The lowest BCUT2D eigenvalue weighted by atomic mass is 10.00. The molecule has 2 aliphatic heterocycles. The molecule has 0 aliphatic carbocycles. The van der Waals surface area contributed by atoms with Gasteiger partial charge in [0.15, 0.2) is 0 Å². The fourth-order valence-corrected chi connectivity index (χ4v) is 2.92. The Morgan fingerprint density at radius 2 is 1.88 bits per heavy atom. The SMILES string of the molecule is Cc1nccnc1NC1CC2CCC(C1)N2. The first-order chi connectivity index (χ1) is 7.81. The van der Waals surface area contributed by atoms with E-state index in [4.69, 9.17) is 0 Å². The van der Waals surface area contributed by atoms with Crippen LogP contribution in [0.15, 0.2) is 12.4 Å². The van der Waals surface area contributed by atoms with Crippen molar-refractivity contribution in [3.63, 3.8) is 0 Å². The Morgan fingerprint density at radius 1 is 1.19 bits per heavy atom. The average Bonchev–Trinajstić information content (AvgIpc) is 2.62. The first kappa shape index (κ1) is 10.0. The van der Waals surface area contributed by atoms with Crippen LogP contribution in [0.2, 0.25) is 0 Å². The van der Waals surface area contributed by atoms with Crippen molar-refractivity contribution in [2.45, 2.75) is 50.7 Å². The average molecular weight is 218 g/mol. The number of hydrogen-bond donors (Lipinski definition) is 2. The normalized spacial score (nSPS) is 32.7. The Kier molecular flexibility index (Phi) is 2.52. The highest BCUT2D eigenvalue weighted by atomic mass is 15.1. The van der Waals surface area contributed by atoms with Gasteiger partial charge < -0.3 is 10.6 Å². The summed E-state index contributed by atoms with van der Waals surface area (Å²) in [6.45, 7) is 2.00. The highest BCUT2D eigenvalue weighted by molar-refractivity contribution is 5.39. The highest BCUT2D eigenvalue weighted by Crippen LogP contribution is 2.28. The zero-order valence-corrected chi connectivity index (χ0v) is 9.61. The molecular formula is C12H18N4. The number of nitrogens with one attached hydrogen (secondary N) is 2. The molecule has 0 amide bonds. The molecule has 2 N–H and O–H groups in total. The summed E-state index contributed by atoms with van der Waals surface area (Å²) >= 11 is 0. The van der Waals surface area contributed by atoms with Crippen molar-refractivity contribution < 1.29 is 0 Å². The fourth-order valence-electron chi connectivity index (χ4n) is 2.92. The quantitative estimate of drug-likeness (QED) is 0.789. The van der Waals surface area contributed by atoms with Gasteiger partial charge in [-0.15, -0.1) is 0 Å². The second kappa shape index (κ2) is 4.01. The number of hydrogen-bond acceptors (Lipinski definition) is 4. The van der Waals surface area contributed by atoms with Gasteiger partial charge >= 0.3 is 0 Å². The molecule has 86 valence electrons. The maximum absolute atomic E-state index is 4.35. The lowest BCUT2D eigenvalue weighted by Crippen LogP contribution is -2.43. The number of aryl methyl sites for hydroxylation is 1. The Morgan fingerprint density at radius 3 is 2.56 bits per heavy atom. The number of anilines is 1. The molecule has 2 fully saturated rings. The molecule has 0 radical (unpaired) electrons. The van der Waals surface area contributed by atoms with E-state index < -0.39 is 0 Å². The summed E-state index contributed by atoms with van der Waals surface area (Å²) < 4.78 is 0. The highest BCUT2D eigenvalue weighted by Gasteiger charge is 2.33. The van der Waals surface area contributed by atoms with Crippen molar-refractivity contribution in [3.8, 4) is 0 Å². The van der Waals surface area contributed by atoms with E-state index >= 15 is 0 Å². The zero-order chi connectivity index (χ0) is 11.0. The molecule has 2 unspecified atom stereocenters. The molecule has 4 nitrogen and oxygen atoms in total. The Hall–Kier alpha value is -1.16. The topological polar surface area (TPSA) is 49.8 Å². The maximum Gasteiger partial charge on any atom is 0.147 e. The van der Waals surface area contributed by atoms with E-state index in [-0.39, 0.29) is 0 Å². The van der Waals surface area contributed by atoms with Gasteiger partial charge in [-0.1, -0.05) is 0 Å². The summed E-state index contributed by atoms with van der Waals surface area (Å²) in [7, 11) is 0. The minimum Gasteiger partial charge on any atom is -0.366 e. The third kappa shape index (κ3) is 1.89. The zero-order valence-electron chi connectivity index (χ0n) is 9.61. The maximum atomic E-state index is 4.35. The molecule has 3 heterocycles. The van der Waals surface area contributed by atoms with E-state index in [0.29, 0.717) is 18.1 Å². The molecule has 2 atom stereocenters. The molecule has 16 heavy (non-hydrogen) atoms. The van der Waals surface area contributed by atoms with Crippen LogP contribution < -0.4 is 10.6 Å². The predicted octanol–water partition coefficient (Wildman–Crippen LogP) is 1.48. The number of fused-ring (bicyclic) bond motifs is 2. The van der Waals surface area contributed by atoms with Crippen molar-refractivity contribution >= 4 is 5.82 Å². The van der Waals surface area contributed by atoms with Gasteiger partial charge in [0.2, 0.25) is 0 Å². The second-order valence-corrected chi connectivity index (χ2v) is 4.94. The molecule has 0 aromatic carbocycles. The molecule has 1 aromatic rings. The second-order valence-electron chi connectivity index (χ2n) is 4.94. The summed E-state index contributed by atoms with van der Waals surface area (Å²) in [4.78, 5) is 8.61. The van der Waals surface area contributed by atoms with Crippen LogP contribution in [0.25, 0.3) is 0 Å². The first-order valence-electron chi connectivity index (χ1n) is 6.11. The third-order valence-corrected chi connectivity index (χ3v) is 3.70. The van der Waals surface area contributed by atoms with Gasteiger partial charge in [0.05, 0.1) is 5.69 Å².